The molecule has 0 spiro atoms. The lowest BCUT2D eigenvalue weighted by Crippen LogP contribution is -2.31. The topological polar surface area (TPSA) is 82.9 Å². The number of amidine groups is 1. The Morgan fingerprint density at radius 2 is 2.09 bits per heavy atom. The van der Waals surface area contributed by atoms with Gasteiger partial charge in [-0.25, -0.2) is 0 Å². The van der Waals surface area contributed by atoms with Crippen LogP contribution in [0.5, 0.6) is 0 Å². The van der Waals surface area contributed by atoms with Crippen molar-refractivity contribution in [2.75, 3.05) is 6.54 Å². The van der Waals surface area contributed by atoms with E-state index in [0.29, 0.717) is 11.7 Å². The van der Waals surface area contributed by atoms with Crippen LogP contribution in [-0.2, 0) is 9.59 Å². The summed E-state index contributed by atoms with van der Waals surface area (Å²) in [5.74, 6) is -0.345. The van der Waals surface area contributed by atoms with Gasteiger partial charge in [0.2, 0.25) is 11.8 Å². The van der Waals surface area contributed by atoms with E-state index in [1.807, 2.05) is 44.2 Å². The Hall–Kier alpha value is -2.15. The fourth-order valence-corrected chi connectivity index (χ4v) is 2.80. The van der Waals surface area contributed by atoms with Crippen molar-refractivity contribution in [2.45, 2.75) is 25.5 Å². The average molecular weight is 318 g/mol. The van der Waals surface area contributed by atoms with Crippen LogP contribution in [0.1, 0.15) is 25.8 Å². The Labute approximate surface area is 133 Å². The summed E-state index contributed by atoms with van der Waals surface area (Å²) in [5.41, 5.74) is 1.73. The van der Waals surface area contributed by atoms with Crippen molar-refractivity contribution in [3.05, 3.63) is 35.9 Å². The first-order valence-electron chi connectivity index (χ1n) is 7.02. The number of nitrogens with one attached hydrogen (secondary N) is 2. The molecule has 0 bridgehead atoms. The maximum atomic E-state index is 11.8. The highest BCUT2D eigenvalue weighted by Gasteiger charge is 2.32. The predicted octanol–water partition coefficient (Wildman–Crippen LogP) is 1.52. The molecule has 1 aromatic carbocycles. The molecular formula is C15H18N4O2S. The van der Waals surface area contributed by atoms with Crippen molar-refractivity contribution in [3.8, 4) is 0 Å². The number of nitrogens with zero attached hydrogens (tertiary/aromatic N) is 2. The molecule has 0 radical (unpaired) electrons. The summed E-state index contributed by atoms with van der Waals surface area (Å²) in [6.45, 7) is 4.25. The highest BCUT2D eigenvalue weighted by Crippen LogP contribution is 2.22. The molecule has 1 heterocycles. The van der Waals surface area contributed by atoms with Crippen molar-refractivity contribution in [3.63, 3.8) is 0 Å². The molecule has 0 saturated carbocycles. The van der Waals surface area contributed by atoms with Crippen LogP contribution in [0, 0.1) is 0 Å². The van der Waals surface area contributed by atoms with Gasteiger partial charge in [-0.05, 0) is 19.4 Å². The second-order valence-corrected chi connectivity index (χ2v) is 5.90. The number of carbonyl (C=O) groups is 2. The van der Waals surface area contributed by atoms with Crippen LogP contribution >= 0.6 is 11.8 Å². The maximum Gasteiger partial charge on any atom is 0.240 e. The Kier molecular flexibility index (Phi) is 5.71. The van der Waals surface area contributed by atoms with E-state index < -0.39 is 5.25 Å². The zero-order valence-electron chi connectivity index (χ0n) is 12.5. The lowest BCUT2D eigenvalue weighted by Gasteiger charge is -2.04. The minimum Gasteiger partial charge on any atom is -0.356 e. The zero-order valence-corrected chi connectivity index (χ0v) is 13.3. The summed E-state index contributed by atoms with van der Waals surface area (Å²) >= 11 is 1.23. The Morgan fingerprint density at radius 3 is 2.77 bits per heavy atom. The van der Waals surface area contributed by atoms with Crippen LogP contribution in [0.25, 0.3) is 0 Å². The van der Waals surface area contributed by atoms with Crippen molar-refractivity contribution in [1.29, 1.82) is 0 Å². The number of rotatable bonds is 5. The second kappa shape index (κ2) is 7.74. The molecule has 0 aliphatic carbocycles. The minimum atomic E-state index is -0.447. The number of amides is 2. The molecule has 2 rings (SSSR count). The summed E-state index contributed by atoms with van der Waals surface area (Å²) in [6, 6.07) is 9.67. The van der Waals surface area contributed by atoms with Gasteiger partial charge in [-0.1, -0.05) is 42.1 Å². The second-order valence-electron chi connectivity index (χ2n) is 4.71. The normalized spacial score (nSPS) is 20.1. The number of carbonyl (C=O) groups excluding carboxylic acids is 2. The number of hydrogen-bond donors (Lipinski definition) is 2. The van der Waals surface area contributed by atoms with E-state index in [9.17, 15) is 9.59 Å². The summed E-state index contributed by atoms with van der Waals surface area (Å²) in [5, 5.41) is 13.5. The number of thioether (sulfide) groups is 1. The van der Waals surface area contributed by atoms with Crippen molar-refractivity contribution in [1.82, 2.24) is 10.6 Å². The molecule has 1 aliphatic heterocycles. The van der Waals surface area contributed by atoms with Gasteiger partial charge in [0.05, 0.1) is 5.71 Å². The molecule has 1 aliphatic rings. The van der Waals surface area contributed by atoms with E-state index in [4.69, 9.17) is 0 Å². The molecule has 1 saturated heterocycles. The maximum absolute atomic E-state index is 11.8. The predicted molar refractivity (Wildman–Crippen MR) is 88.9 cm³/mol. The van der Waals surface area contributed by atoms with Gasteiger partial charge in [0.1, 0.15) is 5.25 Å². The number of hydrogen-bond acceptors (Lipinski definition) is 5. The third kappa shape index (κ3) is 4.42. The lowest BCUT2D eigenvalue weighted by atomic mass is 10.1. The fraction of sp³-hybridized carbons (Fsp3) is 0.333. The van der Waals surface area contributed by atoms with Crippen molar-refractivity contribution in [2.24, 2.45) is 10.2 Å². The van der Waals surface area contributed by atoms with Crippen LogP contribution in [-0.4, -0.2) is 34.5 Å². The van der Waals surface area contributed by atoms with Gasteiger partial charge in [-0.3, -0.25) is 9.59 Å². The van der Waals surface area contributed by atoms with Crippen LogP contribution < -0.4 is 10.6 Å². The molecule has 1 aromatic rings. The highest BCUT2D eigenvalue weighted by atomic mass is 32.2. The van der Waals surface area contributed by atoms with E-state index in [2.05, 4.69) is 20.8 Å². The molecule has 1 atom stereocenters. The quantitative estimate of drug-likeness (QED) is 0.638. The largest absolute Gasteiger partial charge is 0.356 e. The first-order valence-corrected chi connectivity index (χ1v) is 7.90. The molecule has 6 nitrogen and oxygen atoms in total. The van der Waals surface area contributed by atoms with E-state index in [1.54, 1.807) is 0 Å². The molecule has 7 heteroatoms. The van der Waals surface area contributed by atoms with Gasteiger partial charge < -0.3 is 10.6 Å². The Balaban J connectivity index is 1.99. The summed E-state index contributed by atoms with van der Waals surface area (Å²) in [4.78, 5) is 23.3. The summed E-state index contributed by atoms with van der Waals surface area (Å²) in [6.07, 6.45) is 0.144. The van der Waals surface area contributed by atoms with Crippen LogP contribution in [0.3, 0.4) is 0 Å². The SMILES string of the molecule is CCNC(=O)C[C@H]1S/C(=N\N=C(\C)c2ccccc2)NC1=O. The molecule has 1 fully saturated rings. The number of benzene rings is 1. The van der Waals surface area contributed by atoms with E-state index >= 15 is 0 Å². The Bertz CT molecular complexity index is 613. The third-order valence-corrected chi connectivity index (χ3v) is 4.08. The molecule has 22 heavy (non-hydrogen) atoms. The first kappa shape index (κ1) is 16.2. The van der Waals surface area contributed by atoms with Crippen molar-refractivity contribution >= 4 is 34.5 Å². The van der Waals surface area contributed by atoms with Crippen LogP contribution in [0.15, 0.2) is 40.5 Å². The van der Waals surface area contributed by atoms with Gasteiger partial charge in [0.25, 0.3) is 0 Å². The molecule has 0 unspecified atom stereocenters. The third-order valence-electron chi connectivity index (χ3n) is 3.00. The van der Waals surface area contributed by atoms with Gasteiger partial charge in [0, 0.05) is 13.0 Å². The highest BCUT2D eigenvalue weighted by molar-refractivity contribution is 8.15. The standard InChI is InChI=1S/C15H18N4O2S/c1-3-16-13(20)9-12-14(21)17-15(22-12)19-18-10(2)11-7-5-4-6-8-11/h4-8,12H,3,9H2,1-2H3,(H,16,20)(H,17,19,21)/b18-10-/t12-/m1/s1. The van der Waals surface area contributed by atoms with Crippen LogP contribution in [0.2, 0.25) is 0 Å². The first-order chi connectivity index (χ1) is 10.6. The van der Waals surface area contributed by atoms with Gasteiger partial charge in [-0.2, -0.15) is 5.10 Å². The Morgan fingerprint density at radius 1 is 1.36 bits per heavy atom. The zero-order chi connectivity index (χ0) is 15.9. The summed E-state index contributed by atoms with van der Waals surface area (Å²) in [7, 11) is 0. The van der Waals surface area contributed by atoms with Gasteiger partial charge >= 0.3 is 0 Å². The minimum absolute atomic E-state index is 0.139. The fourth-order valence-electron chi connectivity index (χ4n) is 1.88. The lowest BCUT2D eigenvalue weighted by molar-refractivity contribution is -0.125. The molecular weight excluding hydrogens is 300 g/mol. The molecule has 116 valence electrons. The monoisotopic (exact) mass is 318 g/mol. The van der Waals surface area contributed by atoms with E-state index in [-0.39, 0.29) is 18.2 Å². The van der Waals surface area contributed by atoms with Gasteiger partial charge in [0.15, 0.2) is 5.17 Å². The van der Waals surface area contributed by atoms with Crippen molar-refractivity contribution < 1.29 is 9.59 Å². The smallest absolute Gasteiger partial charge is 0.240 e. The summed E-state index contributed by atoms with van der Waals surface area (Å²) < 4.78 is 0. The van der Waals surface area contributed by atoms with E-state index in [0.717, 1.165) is 11.3 Å². The van der Waals surface area contributed by atoms with Gasteiger partial charge in [-0.15, -0.1) is 5.10 Å². The molecule has 2 amide bonds. The van der Waals surface area contributed by atoms with E-state index in [1.165, 1.54) is 11.8 Å². The molecule has 2 N–H and O–H groups in total. The average Bonchev–Trinajstić information content (AvgIpc) is 2.86. The molecule has 0 aromatic heterocycles. The van der Waals surface area contributed by atoms with Crippen LogP contribution in [0.4, 0.5) is 0 Å².